The quantitative estimate of drug-likeness (QED) is 0.384. The average molecular weight is 264 g/mol. The molecule has 0 atom stereocenters. The largest absolute Gasteiger partial charge is 0.269 e. The lowest BCUT2D eigenvalue weighted by atomic mass is 10.0. The number of nitrogens with zero attached hydrogens (tertiary/aromatic N) is 2. The average Bonchev–Trinajstić information content (AvgIpc) is 2.63. The highest BCUT2D eigenvalue weighted by Gasteiger charge is 2.36. The summed E-state index contributed by atoms with van der Waals surface area (Å²) < 4.78 is 0. The molecule has 0 spiro atoms. The Kier molecular flexibility index (Phi) is 6.16. The van der Waals surface area contributed by atoms with E-state index in [9.17, 15) is 14.4 Å². The molecule has 0 radical (unpaired) electrons. The maximum absolute atomic E-state index is 12.2. The highest BCUT2D eigenvalue weighted by Crippen LogP contribution is 2.28. The molecule has 19 heavy (non-hydrogen) atoms. The third kappa shape index (κ3) is 3.61. The van der Waals surface area contributed by atoms with Crippen LogP contribution < -0.4 is 0 Å². The molecule has 1 heterocycles. The number of aliphatic imine (C=N–C) groups is 1. The molecule has 5 nitrogen and oxygen atoms in total. The first-order valence-corrected chi connectivity index (χ1v) is 6.79. The van der Waals surface area contributed by atoms with Crippen molar-refractivity contribution in [1.82, 2.24) is 4.90 Å². The van der Waals surface area contributed by atoms with Crippen LogP contribution in [-0.4, -0.2) is 29.5 Å². The van der Waals surface area contributed by atoms with Gasteiger partial charge in [-0.1, -0.05) is 26.7 Å². The first-order chi connectivity index (χ1) is 9.17. The summed E-state index contributed by atoms with van der Waals surface area (Å²) in [7, 11) is 0. The van der Waals surface area contributed by atoms with Gasteiger partial charge in [0.1, 0.15) is 6.67 Å². The van der Waals surface area contributed by atoms with Crippen molar-refractivity contribution in [2.24, 2.45) is 4.99 Å². The lowest BCUT2D eigenvalue weighted by molar-refractivity contribution is -0.137. The topological polar surface area (TPSA) is 66.8 Å². The van der Waals surface area contributed by atoms with Crippen molar-refractivity contribution >= 4 is 17.9 Å². The second kappa shape index (κ2) is 7.64. The number of unbranched alkanes of at least 4 members (excludes halogenated alkanes) is 2. The SMILES string of the molecule is CCCCC1=C(CCCC)C(=O)N(CN=C=O)C1=O. The number of hydrogen-bond acceptors (Lipinski definition) is 4. The molecule has 0 aliphatic carbocycles. The molecule has 0 aromatic carbocycles. The summed E-state index contributed by atoms with van der Waals surface area (Å²) >= 11 is 0. The van der Waals surface area contributed by atoms with E-state index in [0.29, 0.717) is 24.0 Å². The number of rotatable bonds is 8. The Morgan fingerprint density at radius 3 is 1.84 bits per heavy atom. The zero-order chi connectivity index (χ0) is 14.3. The van der Waals surface area contributed by atoms with Gasteiger partial charge in [0.2, 0.25) is 6.08 Å². The fraction of sp³-hybridized carbons (Fsp3) is 0.643. The third-order valence-electron chi connectivity index (χ3n) is 3.21. The number of carbonyl (C=O) groups excluding carboxylic acids is 3. The molecule has 0 saturated carbocycles. The number of hydrogen-bond donors (Lipinski definition) is 0. The van der Waals surface area contributed by atoms with Crippen LogP contribution in [0.4, 0.5) is 0 Å². The molecule has 1 aliphatic rings. The smallest absolute Gasteiger partial charge is 0.258 e. The minimum absolute atomic E-state index is 0.216. The highest BCUT2D eigenvalue weighted by atomic mass is 16.2. The first kappa shape index (κ1) is 15.3. The normalized spacial score (nSPS) is 15.2. The molecule has 1 rings (SSSR count). The zero-order valence-electron chi connectivity index (χ0n) is 11.6. The van der Waals surface area contributed by atoms with Gasteiger partial charge in [0, 0.05) is 11.1 Å². The van der Waals surface area contributed by atoms with Gasteiger partial charge >= 0.3 is 0 Å². The molecule has 0 fully saturated rings. The van der Waals surface area contributed by atoms with Gasteiger partial charge in [-0.15, -0.1) is 0 Å². The van der Waals surface area contributed by atoms with Gasteiger partial charge in [0.15, 0.2) is 0 Å². The molecule has 0 saturated heterocycles. The minimum atomic E-state index is -0.288. The van der Waals surface area contributed by atoms with Crippen LogP contribution in [0.25, 0.3) is 0 Å². The Hall–Kier alpha value is -1.74. The van der Waals surface area contributed by atoms with Crippen LogP contribution in [0.3, 0.4) is 0 Å². The Labute approximate surface area is 113 Å². The molecule has 104 valence electrons. The molecular formula is C14H20N2O3. The van der Waals surface area contributed by atoms with E-state index in [4.69, 9.17) is 0 Å². The van der Waals surface area contributed by atoms with Crippen molar-refractivity contribution in [1.29, 1.82) is 0 Å². The fourth-order valence-electron chi connectivity index (χ4n) is 2.13. The van der Waals surface area contributed by atoms with E-state index in [2.05, 4.69) is 4.99 Å². The second-order valence-corrected chi connectivity index (χ2v) is 4.59. The van der Waals surface area contributed by atoms with Crippen LogP contribution in [-0.2, 0) is 14.4 Å². The van der Waals surface area contributed by atoms with E-state index in [0.717, 1.165) is 30.6 Å². The van der Waals surface area contributed by atoms with Crippen molar-refractivity contribution in [3.63, 3.8) is 0 Å². The Morgan fingerprint density at radius 2 is 1.47 bits per heavy atom. The van der Waals surface area contributed by atoms with Crippen molar-refractivity contribution in [2.45, 2.75) is 52.4 Å². The van der Waals surface area contributed by atoms with Gasteiger partial charge in [-0.05, 0) is 25.7 Å². The number of isocyanates is 1. The van der Waals surface area contributed by atoms with E-state index in [1.165, 1.54) is 6.08 Å². The van der Waals surface area contributed by atoms with Crippen molar-refractivity contribution < 1.29 is 14.4 Å². The Morgan fingerprint density at radius 1 is 1.00 bits per heavy atom. The van der Waals surface area contributed by atoms with Gasteiger partial charge in [0.25, 0.3) is 11.8 Å². The zero-order valence-corrected chi connectivity index (χ0v) is 11.6. The first-order valence-electron chi connectivity index (χ1n) is 6.79. The summed E-state index contributed by atoms with van der Waals surface area (Å²) in [6.07, 6.45) is 6.32. The monoisotopic (exact) mass is 264 g/mol. The summed E-state index contributed by atoms with van der Waals surface area (Å²) in [5, 5.41) is 0. The third-order valence-corrected chi connectivity index (χ3v) is 3.21. The van der Waals surface area contributed by atoms with E-state index in [1.807, 2.05) is 13.8 Å². The maximum atomic E-state index is 12.2. The molecule has 5 heteroatoms. The van der Waals surface area contributed by atoms with E-state index >= 15 is 0 Å². The molecule has 0 aromatic heterocycles. The van der Waals surface area contributed by atoms with E-state index in [-0.39, 0.29) is 18.5 Å². The van der Waals surface area contributed by atoms with Gasteiger partial charge < -0.3 is 0 Å². The van der Waals surface area contributed by atoms with Gasteiger partial charge in [-0.25, -0.2) is 4.79 Å². The molecule has 1 aliphatic heterocycles. The van der Waals surface area contributed by atoms with Crippen LogP contribution in [0.5, 0.6) is 0 Å². The van der Waals surface area contributed by atoms with Crippen molar-refractivity contribution in [3.8, 4) is 0 Å². The van der Waals surface area contributed by atoms with Crippen LogP contribution >= 0.6 is 0 Å². The van der Waals surface area contributed by atoms with Crippen LogP contribution in [0.1, 0.15) is 52.4 Å². The van der Waals surface area contributed by atoms with Crippen LogP contribution in [0, 0.1) is 0 Å². The maximum Gasteiger partial charge on any atom is 0.258 e. The molecule has 0 bridgehead atoms. The summed E-state index contributed by atoms with van der Waals surface area (Å²) in [5.74, 6) is -0.577. The highest BCUT2D eigenvalue weighted by molar-refractivity contribution is 6.19. The lowest BCUT2D eigenvalue weighted by Crippen LogP contribution is -2.32. The summed E-state index contributed by atoms with van der Waals surface area (Å²) in [5.41, 5.74) is 1.22. The predicted molar refractivity (Wildman–Crippen MR) is 70.9 cm³/mol. The summed E-state index contributed by atoms with van der Waals surface area (Å²) in [6.45, 7) is 3.87. The second-order valence-electron chi connectivity index (χ2n) is 4.59. The van der Waals surface area contributed by atoms with Crippen LogP contribution in [0.2, 0.25) is 0 Å². The molecule has 2 amide bonds. The number of carbonyl (C=O) groups is 2. The lowest BCUT2D eigenvalue weighted by Gasteiger charge is -2.10. The van der Waals surface area contributed by atoms with Crippen LogP contribution in [0.15, 0.2) is 16.1 Å². The number of amides is 2. The molecule has 0 N–H and O–H groups in total. The standard InChI is InChI=1S/C14H20N2O3/c1-3-5-7-11-12(8-6-4-2)14(19)16(13(11)18)9-15-10-17/h3-9H2,1-2H3. The molecular weight excluding hydrogens is 244 g/mol. The number of imide groups is 1. The predicted octanol–water partition coefficient (Wildman–Crippen LogP) is 2.33. The van der Waals surface area contributed by atoms with Gasteiger partial charge in [-0.3, -0.25) is 14.5 Å². The Balaban J connectivity index is 2.92. The molecule has 0 aromatic rings. The van der Waals surface area contributed by atoms with E-state index in [1.54, 1.807) is 0 Å². The van der Waals surface area contributed by atoms with E-state index < -0.39 is 0 Å². The summed E-state index contributed by atoms with van der Waals surface area (Å²) in [4.78, 5) is 38.8. The Bertz CT molecular complexity index is 404. The van der Waals surface area contributed by atoms with Crippen molar-refractivity contribution in [2.75, 3.05) is 6.67 Å². The fourth-order valence-corrected chi connectivity index (χ4v) is 2.13. The van der Waals surface area contributed by atoms with Crippen molar-refractivity contribution in [3.05, 3.63) is 11.1 Å². The van der Waals surface area contributed by atoms with Gasteiger partial charge in [0.05, 0.1) is 0 Å². The van der Waals surface area contributed by atoms with Gasteiger partial charge in [-0.2, -0.15) is 4.99 Å². The molecule has 0 unspecified atom stereocenters. The minimum Gasteiger partial charge on any atom is -0.269 e. The summed E-state index contributed by atoms with van der Waals surface area (Å²) in [6, 6.07) is 0.